The lowest BCUT2D eigenvalue weighted by molar-refractivity contribution is -0.117. The smallest absolute Gasteiger partial charge is 0.413 e. The molecule has 0 aliphatic rings. The second-order valence-electron chi connectivity index (χ2n) is 3.10. The van der Waals surface area contributed by atoms with Crippen molar-refractivity contribution < 1.29 is 14.3 Å². The summed E-state index contributed by atoms with van der Waals surface area (Å²) >= 11 is 2.53. The summed E-state index contributed by atoms with van der Waals surface area (Å²) in [5.74, 6) is -0.353. The van der Waals surface area contributed by atoms with E-state index in [-0.39, 0.29) is 12.4 Å². The Morgan fingerprint density at radius 2 is 2.32 bits per heavy atom. The fourth-order valence-corrected chi connectivity index (χ4v) is 2.50. The van der Waals surface area contributed by atoms with Crippen molar-refractivity contribution in [2.45, 2.75) is 11.3 Å². The summed E-state index contributed by atoms with van der Waals surface area (Å²) in [4.78, 5) is 22.4. The van der Waals surface area contributed by atoms with Crippen LogP contribution in [0.3, 0.4) is 0 Å². The van der Waals surface area contributed by atoms with Crippen LogP contribution in [0.25, 0.3) is 0 Å². The topological polar surface area (TPSA) is 93.2 Å². The van der Waals surface area contributed by atoms with Crippen molar-refractivity contribution in [3.8, 4) is 0 Å². The van der Waals surface area contributed by atoms with Gasteiger partial charge < -0.3 is 10.1 Å². The van der Waals surface area contributed by atoms with Crippen molar-refractivity contribution in [2.75, 3.05) is 24.2 Å². The third kappa shape index (κ3) is 6.20. The minimum Gasteiger partial charge on any atom is -0.450 e. The molecule has 2 N–H and O–H groups in total. The Labute approximate surface area is 118 Å². The van der Waals surface area contributed by atoms with E-state index in [0.717, 1.165) is 0 Å². The van der Waals surface area contributed by atoms with Gasteiger partial charge in [0, 0.05) is 6.54 Å². The predicted octanol–water partition coefficient (Wildman–Crippen LogP) is 1.50. The van der Waals surface area contributed by atoms with Crippen molar-refractivity contribution in [1.82, 2.24) is 15.5 Å². The Balaban J connectivity index is 2.31. The first-order valence-corrected chi connectivity index (χ1v) is 7.23. The number of carbonyl (C=O) groups excluding carboxylic acids is 2. The second kappa shape index (κ2) is 8.48. The Morgan fingerprint density at radius 1 is 1.53 bits per heavy atom. The summed E-state index contributed by atoms with van der Waals surface area (Å²) in [6.45, 7) is 6.06. The van der Waals surface area contributed by atoms with Gasteiger partial charge in [0.2, 0.25) is 11.0 Å². The molecule has 1 heterocycles. The number of nitrogens with one attached hydrogen (secondary N) is 2. The predicted molar refractivity (Wildman–Crippen MR) is 74.5 cm³/mol. The van der Waals surface area contributed by atoms with Gasteiger partial charge in [0.1, 0.15) is 0 Å². The van der Waals surface area contributed by atoms with E-state index in [1.165, 1.54) is 23.1 Å². The Kier molecular flexibility index (Phi) is 6.90. The molecule has 7 nitrogen and oxygen atoms in total. The van der Waals surface area contributed by atoms with Gasteiger partial charge in [-0.2, -0.15) is 0 Å². The monoisotopic (exact) mass is 302 g/mol. The number of alkyl carbamates (subject to hydrolysis) is 1. The summed E-state index contributed by atoms with van der Waals surface area (Å²) < 4.78 is 5.23. The largest absolute Gasteiger partial charge is 0.450 e. The fourth-order valence-electron chi connectivity index (χ4n) is 0.943. The quantitative estimate of drug-likeness (QED) is 0.582. The maximum absolute atomic E-state index is 11.4. The van der Waals surface area contributed by atoms with Crippen LogP contribution in [0.4, 0.5) is 9.93 Å². The van der Waals surface area contributed by atoms with Gasteiger partial charge in [0.05, 0.1) is 12.4 Å². The fraction of sp³-hybridized carbons (Fsp3) is 0.400. The molecule has 1 aromatic heterocycles. The summed E-state index contributed by atoms with van der Waals surface area (Å²) in [5.41, 5.74) is 0. The molecule has 0 aromatic carbocycles. The molecule has 0 saturated carbocycles. The zero-order chi connectivity index (χ0) is 14.1. The van der Waals surface area contributed by atoms with Gasteiger partial charge >= 0.3 is 6.09 Å². The van der Waals surface area contributed by atoms with Gasteiger partial charge in [-0.3, -0.25) is 10.1 Å². The molecule has 0 saturated heterocycles. The molecule has 19 heavy (non-hydrogen) atoms. The number of hydrogen-bond acceptors (Lipinski definition) is 8. The van der Waals surface area contributed by atoms with Crippen LogP contribution in [0.5, 0.6) is 0 Å². The molecule has 1 aromatic rings. The number of hydrogen-bond donors (Lipinski definition) is 2. The van der Waals surface area contributed by atoms with Gasteiger partial charge in [0.15, 0.2) is 4.34 Å². The summed E-state index contributed by atoms with van der Waals surface area (Å²) in [6, 6.07) is 0. The Morgan fingerprint density at radius 3 is 3.00 bits per heavy atom. The Hall–Kier alpha value is -1.61. The van der Waals surface area contributed by atoms with E-state index >= 15 is 0 Å². The van der Waals surface area contributed by atoms with E-state index in [0.29, 0.717) is 16.0 Å². The van der Waals surface area contributed by atoms with Crippen molar-refractivity contribution in [1.29, 1.82) is 0 Å². The van der Waals surface area contributed by atoms with Crippen LogP contribution in [-0.4, -0.2) is 41.1 Å². The third-order valence-electron chi connectivity index (χ3n) is 1.65. The maximum atomic E-state index is 11.4. The highest BCUT2D eigenvalue weighted by atomic mass is 32.2. The van der Waals surface area contributed by atoms with E-state index in [9.17, 15) is 9.59 Å². The first-order valence-electron chi connectivity index (χ1n) is 5.43. The number of rotatable bonds is 7. The first kappa shape index (κ1) is 15.4. The van der Waals surface area contributed by atoms with E-state index in [4.69, 9.17) is 0 Å². The minimum absolute atomic E-state index is 0.0783. The molecule has 0 aliphatic carbocycles. The van der Waals surface area contributed by atoms with Crippen LogP contribution in [0, 0.1) is 0 Å². The van der Waals surface area contributed by atoms with Crippen molar-refractivity contribution in [2.24, 2.45) is 0 Å². The van der Waals surface area contributed by atoms with E-state index in [1.54, 1.807) is 13.0 Å². The van der Waals surface area contributed by atoms with E-state index in [1.807, 2.05) is 0 Å². The molecule has 0 aliphatic heterocycles. The zero-order valence-electron chi connectivity index (χ0n) is 10.3. The van der Waals surface area contributed by atoms with Crippen molar-refractivity contribution in [3.63, 3.8) is 0 Å². The van der Waals surface area contributed by atoms with Gasteiger partial charge in [-0.15, -0.1) is 16.8 Å². The first-order chi connectivity index (χ1) is 9.15. The molecular weight excluding hydrogens is 288 g/mol. The maximum Gasteiger partial charge on any atom is 0.413 e. The lowest BCUT2D eigenvalue weighted by atomic mass is 10.6. The molecule has 2 amide bonds. The highest BCUT2D eigenvalue weighted by molar-refractivity contribution is 8.01. The van der Waals surface area contributed by atoms with Gasteiger partial charge in [0.25, 0.3) is 0 Å². The van der Waals surface area contributed by atoms with Gasteiger partial charge in [-0.25, -0.2) is 4.79 Å². The molecule has 9 heteroatoms. The van der Waals surface area contributed by atoms with Crippen LogP contribution in [0.15, 0.2) is 17.0 Å². The van der Waals surface area contributed by atoms with Crippen molar-refractivity contribution >= 4 is 40.2 Å². The van der Waals surface area contributed by atoms with Gasteiger partial charge in [-0.05, 0) is 6.92 Å². The molecule has 0 radical (unpaired) electrons. The van der Waals surface area contributed by atoms with Crippen LogP contribution < -0.4 is 10.6 Å². The van der Waals surface area contributed by atoms with Crippen LogP contribution in [-0.2, 0) is 9.53 Å². The number of ether oxygens (including phenoxy) is 1. The molecule has 0 bridgehead atoms. The Bertz CT molecular complexity index is 450. The van der Waals surface area contributed by atoms with Gasteiger partial charge in [-0.1, -0.05) is 29.2 Å². The normalized spacial score (nSPS) is 9.74. The molecular formula is C10H14N4O3S2. The second-order valence-corrected chi connectivity index (χ2v) is 5.30. The average molecular weight is 302 g/mol. The highest BCUT2D eigenvalue weighted by Gasteiger charge is 2.11. The highest BCUT2D eigenvalue weighted by Crippen LogP contribution is 2.24. The molecule has 0 spiro atoms. The van der Waals surface area contributed by atoms with Crippen LogP contribution >= 0.6 is 23.1 Å². The van der Waals surface area contributed by atoms with Crippen LogP contribution in [0.1, 0.15) is 6.92 Å². The number of thioether (sulfide) groups is 1. The minimum atomic E-state index is -0.737. The number of anilines is 1. The third-order valence-corrected chi connectivity index (χ3v) is 3.66. The SMILES string of the molecule is C=CCNc1nnc(SCC(=O)NC(=O)OCC)s1. The summed E-state index contributed by atoms with van der Waals surface area (Å²) in [7, 11) is 0. The lowest BCUT2D eigenvalue weighted by Crippen LogP contribution is -2.32. The van der Waals surface area contributed by atoms with E-state index < -0.39 is 12.0 Å². The number of carbonyl (C=O) groups is 2. The number of nitrogens with zero attached hydrogens (tertiary/aromatic N) is 2. The molecule has 0 atom stereocenters. The standard InChI is InChI=1S/C10H14N4O3S2/c1-3-5-11-8-13-14-10(19-8)18-6-7(15)12-9(16)17-4-2/h3H,1,4-6H2,2H3,(H,11,13)(H,12,15,16). The van der Waals surface area contributed by atoms with Crippen LogP contribution in [0.2, 0.25) is 0 Å². The van der Waals surface area contributed by atoms with Crippen molar-refractivity contribution in [3.05, 3.63) is 12.7 Å². The number of imide groups is 1. The summed E-state index contributed by atoms with van der Waals surface area (Å²) in [6.07, 6.45) is 0.972. The summed E-state index contributed by atoms with van der Waals surface area (Å²) in [5, 5.41) is 13.5. The molecule has 1 rings (SSSR count). The lowest BCUT2D eigenvalue weighted by Gasteiger charge is -2.02. The van der Waals surface area contributed by atoms with E-state index in [2.05, 4.69) is 32.1 Å². The average Bonchev–Trinajstić information content (AvgIpc) is 2.82. The number of aromatic nitrogens is 2. The zero-order valence-corrected chi connectivity index (χ0v) is 12.0. The molecule has 0 unspecified atom stereocenters. The number of amides is 2. The molecule has 104 valence electrons. The molecule has 0 fully saturated rings.